The summed E-state index contributed by atoms with van der Waals surface area (Å²) >= 11 is 0. The van der Waals surface area contributed by atoms with Gasteiger partial charge in [0.1, 0.15) is 0 Å². The van der Waals surface area contributed by atoms with Crippen molar-refractivity contribution in [3.05, 3.63) is 58.7 Å². The first-order valence-electron chi connectivity index (χ1n) is 12.9. The zero-order valence-corrected chi connectivity index (χ0v) is 21.7. The van der Waals surface area contributed by atoms with Crippen LogP contribution < -0.4 is 0 Å². The highest BCUT2D eigenvalue weighted by molar-refractivity contribution is 5.70. The lowest BCUT2D eigenvalue weighted by atomic mass is 9.79. The Morgan fingerprint density at radius 2 is 1.76 bits per heavy atom. The molecule has 3 saturated heterocycles. The Bertz CT molecular complexity index is 1110. The fraction of sp³-hybridized carbons (Fsp3) is 0.567. The van der Waals surface area contributed by atoms with Gasteiger partial charge >= 0.3 is 6.09 Å². The Morgan fingerprint density at radius 3 is 2.35 bits per heavy atom. The van der Waals surface area contributed by atoms with Crippen LogP contribution >= 0.6 is 0 Å². The maximum absolute atomic E-state index is 12.7. The Hall–Kier alpha value is -2.33. The molecule has 0 saturated carbocycles. The lowest BCUT2D eigenvalue weighted by Crippen LogP contribution is -2.60. The minimum absolute atomic E-state index is 0.0951. The van der Waals surface area contributed by atoms with Crippen molar-refractivity contribution >= 4 is 6.09 Å². The van der Waals surface area contributed by atoms with Crippen molar-refractivity contribution in [1.29, 1.82) is 0 Å². The fourth-order valence-electron chi connectivity index (χ4n) is 6.82. The van der Waals surface area contributed by atoms with E-state index in [1.807, 2.05) is 4.90 Å². The lowest BCUT2D eigenvalue weighted by Gasteiger charge is -2.51. The second-order valence-corrected chi connectivity index (χ2v) is 12.7. The number of nitrogens with zero attached hydrogens (tertiary/aromatic N) is 2. The molecule has 2 aromatic rings. The fourth-order valence-corrected chi connectivity index (χ4v) is 6.82. The quantitative estimate of drug-likeness (QED) is 0.557. The summed E-state index contributed by atoms with van der Waals surface area (Å²) in [6.45, 7) is 16.6. The third kappa shape index (κ3) is 4.04. The van der Waals surface area contributed by atoms with E-state index in [1.54, 1.807) is 0 Å². The van der Waals surface area contributed by atoms with Crippen LogP contribution in [-0.4, -0.2) is 46.7 Å². The van der Waals surface area contributed by atoms with E-state index >= 15 is 0 Å². The molecule has 0 spiro atoms. The normalized spacial score (nSPS) is 27.5. The standard InChI is InChI=1S/C30H40N2O2/c1-19-13-22(16-24(14-19)29(2,3)4)21-7-8-25-23(15-21)17-30(5,6)27(25)32(28(33)34)26-18-31-11-9-20(26)10-12-31/h7-8,13-16,20,26-27H,9-12,17-18H2,1-6H3,(H,33,34)/t26-,27?/m1/s1. The molecule has 1 unspecified atom stereocenters. The molecular formula is C30H40N2O2. The van der Waals surface area contributed by atoms with Crippen molar-refractivity contribution in [2.24, 2.45) is 11.3 Å². The number of rotatable bonds is 3. The molecule has 3 aliphatic heterocycles. The van der Waals surface area contributed by atoms with Gasteiger partial charge in [-0.05, 0) is 83.8 Å². The van der Waals surface area contributed by atoms with E-state index < -0.39 is 6.09 Å². The highest BCUT2D eigenvalue weighted by Crippen LogP contribution is 2.51. The van der Waals surface area contributed by atoms with Gasteiger partial charge in [-0.25, -0.2) is 4.79 Å². The molecule has 2 bridgehead atoms. The number of aryl methyl sites for hydroxylation is 1. The van der Waals surface area contributed by atoms with Crippen LogP contribution in [0.1, 0.15) is 75.8 Å². The van der Waals surface area contributed by atoms with Crippen LogP contribution in [0.3, 0.4) is 0 Å². The van der Waals surface area contributed by atoms with Crippen molar-refractivity contribution in [3.8, 4) is 11.1 Å². The van der Waals surface area contributed by atoms with Crippen LogP contribution in [0.4, 0.5) is 4.79 Å². The number of hydrogen-bond acceptors (Lipinski definition) is 2. The highest BCUT2D eigenvalue weighted by Gasteiger charge is 2.50. The topological polar surface area (TPSA) is 43.8 Å². The second-order valence-electron chi connectivity index (χ2n) is 12.7. The van der Waals surface area contributed by atoms with Gasteiger partial charge in [-0.1, -0.05) is 76.6 Å². The Labute approximate surface area is 205 Å². The predicted octanol–water partition coefficient (Wildman–Crippen LogP) is 6.66. The van der Waals surface area contributed by atoms with Gasteiger partial charge in [-0.2, -0.15) is 0 Å². The van der Waals surface area contributed by atoms with Crippen LogP contribution in [0.5, 0.6) is 0 Å². The molecule has 2 atom stereocenters. The molecule has 4 nitrogen and oxygen atoms in total. The van der Waals surface area contributed by atoms with Gasteiger partial charge in [0.15, 0.2) is 0 Å². The monoisotopic (exact) mass is 460 g/mol. The molecular weight excluding hydrogens is 420 g/mol. The van der Waals surface area contributed by atoms with Crippen LogP contribution in [-0.2, 0) is 11.8 Å². The van der Waals surface area contributed by atoms with Gasteiger partial charge in [0.25, 0.3) is 0 Å². The number of carboxylic acid groups (broad SMARTS) is 1. The molecule has 1 aliphatic carbocycles. The Kier molecular flexibility index (Phi) is 5.59. The Balaban J connectivity index is 1.53. The summed E-state index contributed by atoms with van der Waals surface area (Å²) in [6, 6.07) is 13.6. The van der Waals surface area contributed by atoms with Gasteiger partial charge in [0.05, 0.1) is 12.1 Å². The second kappa shape index (κ2) is 8.12. The molecule has 3 heterocycles. The number of carbonyl (C=O) groups is 1. The van der Waals surface area contributed by atoms with Gasteiger partial charge in [0.2, 0.25) is 0 Å². The lowest BCUT2D eigenvalue weighted by molar-refractivity contribution is -0.0267. The largest absolute Gasteiger partial charge is 0.465 e. The van der Waals surface area contributed by atoms with E-state index in [-0.39, 0.29) is 22.9 Å². The SMILES string of the molecule is Cc1cc(-c2ccc3c(c2)CC(C)(C)C3N(C(=O)O)[C@@H]2CN3CCC2CC3)cc(C(C)(C)C)c1. The number of piperidine rings is 3. The summed E-state index contributed by atoms with van der Waals surface area (Å²) < 4.78 is 0. The molecule has 2 aromatic carbocycles. The summed E-state index contributed by atoms with van der Waals surface area (Å²) in [5.41, 5.74) is 7.59. The molecule has 34 heavy (non-hydrogen) atoms. The van der Waals surface area contributed by atoms with E-state index in [0.717, 1.165) is 38.9 Å². The first kappa shape index (κ1) is 23.4. The molecule has 0 aromatic heterocycles. The highest BCUT2D eigenvalue weighted by atomic mass is 16.4. The van der Waals surface area contributed by atoms with Crippen LogP contribution in [0.15, 0.2) is 36.4 Å². The van der Waals surface area contributed by atoms with E-state index in [2.05, 4.69) is 82.8 Å². The zero-order valence-electron chi connectivity index (χ0n) is 21.7. The van der Waals surface area contributed by atoms with Gasteiger partial charge in [0, 0.05) is 6.54 Å². The predicted molar refractivity (Wildman–Crippen MR) is 138 cm³/mol. The molecule has 6 rings (SSSR count). The summed E-state index contributed by atoms with van der Waals surface area (Å²) in [4.78, 5) is 17.0. The van der Waals surface area contributed by atoms with Crippen molar-refractivity contribution < 1.29 is 9.90 Å². The number of hydrogen-bond donors (Lipinski definition) is 1. The van der Waals surface area contributed by atoms with E-state index in [9.17, 15) is 9.90 Å². The summed E-state index contributed by atoms with van der Waals surface area (Å²) in [6.07, 6.45) is 2.39. The van der Waals surface area contributed by atoms with Crippen LogP contribution in [0.2, 0.25) is 0 Å². The summed E-state index contributed by atoms with van der Waals surface area (Å²) in [7, 11) is 0. The van der Waals surface area contributed by atoms with Crippen molar-refractivity contribution in [2.45, 2.75) is 78.3 Å². The minimum atomic E-state index is -0.762. The van der Waals surface area contributed by atoms with Crippen molar-refractivity contribution in [2.75, 3.05) is 19.6 Å². The first-order chi connectivity index (χ1) is 15.9. The molecule has 1 N–H and O–H groups in total. The van der Waals surface area contributed by atoms with E-state index in [1.165, 1.54) is 33.4 Å². The molecule has 3 fully saturated rings. The number of benzene rings is 2. The maximum Gasteiger partial charge on any atom is 0.408 e. The van der Waals surface area contributed by atoms with E-state index in [4.69, 9.17) is 0 Å². The molecule has 4 heteroatoms. The molecule has 182 valence electrons. The van der Waals surface area contributed by atoms with Crippen LogP contribution in [0.25, 0.3) is 11.1 Å². The van der Waals surface area contributed by atoms with Gasteiger partial charge < -0.3 is 10.0 Å². The number of fused-ring (bicyclic) bond motifs is 4. The molecule has 1 amide bonds. The van der Waals surface area contributed by atoms with Crippen LogP contribution in [0, 0.1) is 18.3 Å². The van der Waals surface area contributed by atoms with Gasteiger partial charge in [-0.15, -0.1) is 0 Å². The third-order valence-corrected chi connectivity index (χ3v) is 8.58. The Morgan fingerprint density at radius 1 is 1.06 bits per heavy atom. The minimum Gasteiger partial charge on any atom is -0.465 e. The number of amides is 1. The molecule has 4 aliphatic rings. The van der Waals surface area contributed by atoms with Gasteiger partial charge in [-0.3, -0.25) is 4.90 Å². The average molecular weight is 461 g/mol. The zero-order chi connectivity index (χ0) is 24.4. The summed E-state index contributed by atoms with van der Waals surface area (Å²) in [5.74, 6) is 0.489. The maximum atomic E-state index is 12.7. The average Bonchev–Trinajstić information content (AvgIpc) is 3.03. The van der Waals surface area contributed by atoms with Crippen molar-refractivity contribution in [1.82, 2.24) is 9.80 Å². The third-order valence-electron chi connectivity index (χ3n) is 8.58. The molecule has 0 radical (unpaired) electrons. The first-order valence-corrected chi connectivity index (χ1v) is 12.9. The van der Waals surface area contributed by atoms with Crippen molar-refractivity contribution in [3.63, 3.8) is 0 Å². The summed E-state index contributed by atoms with van der Waals surface area (Å²) in [5, 5.41) is 10.4. The van der Waals surface area contributed by atoms with E-state index in [0.29, 0.717) is 5.92 Å². The smallest absolute Gasteiger partial charge is 0.408 e.